The van der Waals surface area contributed by atoms with Gasteiger partial charge in [-0.1, -0.05) is 24.3 Å². The average molecular weight is 341 g/mol. The Kier molecular flexibility index (Phi) is 5.12. The summed E-state index contributed by atoms with van der Waals surface area (Å²) in [6.45, 7) is 0.721. The number of amides is 1. The lowest BCUT2D eigenvalue weighted by Gasteiger charge is -2.25. The van der Waals surface area contributed by atoms with Crippen molar-refractivity contribution >= 4 is 11.9 Å². The number of hydrogen-bond donors (Lipinski definition) is 1. The molecule has 1 fully saturated rings. The summed E-state index contributed by atoms with van der Waals surface area (Å²) in [5, 5.41) is 8.91. The van der Waals surface area contributed by atoms with Crippen LogP contribution in [0.3, 0.4) is 0 Å². The topological polar surface area (TPSA) is 57.6 Å². The Hall–Kier alpha value is -2.69. The summed E-state index contributed by atoms with van der Waals surface area (Å²) in [6, 6.07) is 13.0. The van der Waals surface area contributed by atoms with Gasteiger partial charge in [0, 0.05) is 13.0 Å². The fraction of sp³-hybridized carbons (Fsp3) is 0.300. The minimum Gasteiger partial charge on any atom is -0.478 e. The Morgan fingerprint density at radius 2 is 1.76 bits per heavy atom. The average Bonchev–Trinajstić information content (AvgIpc) is 3.10. The quantitative estimate of drug-likeness (QED) is 0.899. The van der Waals surface area contributed by atoms with E-state index in [9.17, 15) is 14.0 Å². The Bertz CT molecular complexity index is 756. The number of rotatable bonds is 5. The van der Waals surface area contributed by atoms with Gasteiger partial charge in [-0.15, -0.1) is 0 Å². The van der Waals surface area contributed by atoms with E-state index in [1.54, 1.807) is 36.4 Å². The molecule has 1 aliphatic rings. The van der Waals surface area contributed by atoms with Crippen LogP contribution in [-0.4, -0.2) is 28.4 Å². The molecule has 4 nitrogen and oxygen atoms in total. The molecule has 1 amide bonds. The van der Waals surface area contributed by atoms with Gasteiger partial charge in [0.1, 0.15) is 5.82 Å². The molecule has 0 aliphatic carbocycles. The van der Waals surface area contributed by atoms with Gasteiger partial charge >= 0.3 is 5.97 Å². The van der Waals surface area contributed by atoms with Crippen LogP contribution in [0.15, 0.2) is 48.5 Å². The van der Waals surface area contributed by atoms with Crippen LogP contribution in [0.4, 0.5) is 4.39 Å². The molecular weight excluding hydrogens is 321 g/mol. The molecule has 5 heteroatoms. The first-order valence-electron chi connectivity index (χ1n) is 8.42. The molecular formula is C20H20FNO3. The zero-order chi connectivity index (χ0) is 17.8. The van der Waals surface area contributed by atoms with E-state index in [1.807, 2.05) is 4.90 Å². The normalized spacial score (nSPS) is 16.8. The van der Waals surface area contributed by atoms with Gasteiger partial charge in [0.05, 0.1) is 11.6 Å². The monoisotopic (exact) mass is 341 g/mol. The van der Waals surface area contributed by atoms with E-state index in [2.05, 4.69) is 0 Å². The highest BCUT2D eigenvalue weighted by Crippen LogP contribution is 2.32. The first-order valence-corrected chi connectivity index (χ1v) is 8.42. The summed E-state index contributed by atoms with van der Waals surface area (Å²) in [7, 11) is 0. The number of carboxylic acid groups (broad SMARTS) is 1. The molecule has 1 heterocycles. The molecule has 1 saturated heterocycles. The number of benzene rings is 2. The van der Waals surface area contributed by atoms with E-state index in [4.69, 9.17) is 5.11 Å². The number of hydrogen-bond acceptors (Lipinski definition) is 2. The Labute approximate surface area is 145 Å². The van der Waals surface area contributed by atoms with Crippen LogP contribution in [0.25, 0.3) is 0 Å². The molecule has 25 heavy (non-hydrogen) atoms. The van der Waals surface area contributed by atoms with Crippen molar-refractivity contribution in [3.8, 4) is 0 Å². The van der Waals surface area contributed by atoms with Gasteiger partial charge in [0.2, 0.25) is 5.91 Å². The highest BCUT2D eigenvalue weighted by atomic mass is 19.1. The minimum atomic E-state index is -0.957. The molecule has 0 unspecified atom stereocenters. The van der Waals surface area contributed by atoms with Crippen LogP contribution in [-0.2, 0) is 11.2 Å². The van der Waals surface area contributed by atoms with Crippen molar-refractivity contribution < 1.29 is 19.1 Å². The lowest BCUT2D eigenvalue weighted by atomic mass is 10.0. The van der Waals surface area contributed by atoms with Gasteiger partial charge in [0.25, 0.3) is 0 Å². The SMILES string of the molecule is O=C(O)c1ccc(CCC(=O)N2CCC[C@@H]2c2ccc(F)cc2)cc1. The second-order valence-electron chi connectivity index (χ2n) is 6.30. The van der Waals surface area contributed by atoms with Crippen LogP contribution >= 0.6 is 0 Å². The van der Waals surface area contributed by atoms with Gasteiger partial charge in [0.15, 0.2) is 0 Å². The summed E-state index contributed by atoms with van der Waals surface area (Å²) >= 11 is 0. The number of aryl methyl sites for hydroxylation is 1. The van der Waals surface area contributed by atoms with Crippen LogP contribution in [0.2, 0.25) is 0 Å². The summed E-state index contributed by atoms with van der Waals surface area (Å²) in [5.41, 5.74) is 2.15. The highest BCUT2D eigenvalue weighted by Gasteiger charge is 2.29. The Morgan fingerprint density at radius 3 is 2.40 bits per heavy atom. The molecule has 0 saturated carbocycles. The predicted octanol–water partition coefficient (Wildman–Crippen LogP) is 3.82. The lowest BCUT2D eigenvalue weighted by molar-refractivity contribution is -0.132. The van der Waals surface area contributed by atoms with E-state index in [1.165, 1.54) is 12.1 Å². The van der Waals surface area contributed by atoms with E-state index < -0.39 is 5.97 Å². The van der Waals surface area contributed by atoms with Crippen LogP contribution in [0, 0.1) is 5.82 Å². The van der Waals surface area contributed by atoms with Gasteiger partial charge in [-0.25, -0.2) is 9.18 Å². The molecule has 0 radical (unpaired) electrons. The van der Waals surface area contributed by atoms with Crippen molar-refractivity contribution in [3.63, 3.8) is 0 Å². The van der Waals surface area contributed by atoms with Gasteiger partial charge in [-0.05, 0) is 54.7 Å². The molecule has 0 spiro atoms. The van der Waals surface area contributed by atoms with Crippen molar-refractivity contribution in [1.82, 2.24) is 4.90 Å². The molecule has 0 aromatic heterocycles. The van der Waals surface area contributed by atoms with Crippen molar-refractivity contribution in [2.24, 2.45) is 0 Å². The number of carbonyl (C=O) groups excluding carboxylic acids is 1. The fourth-order valence-electron chi connectivity index (χ4n) is 3.31. The number of aromatic carboxylic acids is 1. The number of halogens is 1. The number of nitrogens with zero attached hydrogens (tertiary/aromatic N) is 1. The summed E-state index contributed by atoms with van der Waals surface area (Å²) in [4.78, 5) is 25.3. The molecule has 2 aromatic rings. The molecule has 1 N–H and O–H groups in total. The fourth-order valence-corrected chi connectivity index (χ4v) is 3.31. The third kappa shape index (κ3) is 4.05. The molecule has 2 aromatic carbocycles. The Balaban J connectivity index is 1.62. The summed E-state index contributed by atoms with van der Waals surface area (Å²) in [5.74, 6) is -1.15. The van der Waals surface area contributed by atoms with E-state index in [0.29, 0.717) is 12.8 Å². The van der Waals surface area contributed by atoms with E-state index >= 15 is 0 Å². The summed E-state index contributed by atoms with van der Waals surface area (Å²) < 4.78 is 13.1. The maximum absolute atomic E-state index is 13.1. The van der Waals surface area contributed by atoms with Gasteiger partial charge < -0.3 is 10.0 Å². The lowest BCUT2D eigenvalue weighted by Crippen LogP contribution is -2.30. The second-order valence-corrected chi connectivity index (χ2v) is 6.30. The zero-order valence-corrected chi connectivity index (χ0v) is 13.8. The van der Waals surface area contributed by atoms with Crippen molar-refractivity contribution in [2.75, 3.05) is 6.54 Å². The number of carbonyl (C=O) groups is 2. The van der Waals surface area contributed by atoms with Gasteiger partial charge in [-0.2, -0.15) is 0 Å². The molecule has 130 valence electrons. The predicted molar refractivity (Wildman–Crippen MR) is 91.8 cm³/mol. The Morgan fingerprint density at radius 1 is 1.08 bits per heavy atom. The number of likely N-dealkylation sites (tertiary alicyclic amines) is 1. The first-order chi connectivity index (χ1) is 12.0. The maximum atomic E-state index is 13.1. The van der Waals surface area contributed by atoms with E-state index in [0.717, 1.165) is 30.5 Å². The smallest absolute Gasteiger partial charge is 0.335 e. The molecule has 1 aliphatic heterocycles. The third-order valence-corrected chi connectivity index (χ3v) is 4.66. The third-order valence-electron chi connectivity index (χ3n) is 4.66. The van der Waals surface area contributed by atoms with Crippen LogP contribution < -0.4 is 0 Å². The van der Waals surface area contributed by atoms with E-state index in [-0.39, 0.29) is 23.3 Å². The standard InChI is InChI=1S/C20H20FNO3/c21-17-10-8-15(9-11-17)18-2-1-13-22(18)19(23)12-5-14-3-6-16(7-4-14)20(24)25/h3-4,6-11,18H,1-2,5,12-13H2,(H,24,25)/t18-/m1/s1. The number of carboxylic acids is 1. The van der Waals surface area contributed by atoms with Crippen molar-refractivity contribution in [1.29, 1.82) is 0 Å². The molecule has 0 bridgehead atoms. The van der Waals surface area contributed by atoms with Crippen molar-refractivity contribution in [3.05, 3.63) is 71.0 Å². The summed E-state index contributed by atoms with van der Waals surface area (Å²) in [6.07, 6.45) is 2.79. The van der Waals surface area contributed by atoms with Gasteiger partial charge in [-0.3, -0.25) is 4.79 Å². The first kappa shape index (κ1) is 17.1. The maximum Gasteiger partial charge on any atom is 0.335 e. The molecule has 3 rings (SSSR count). The van der Waals surface area contributed by atoms with Crippen molar-refractivity contribution in [2.45, 2.75) is 31.7 Å². The highest BCUT2D eigenvalue weighted by molar-refractivity contribution is 5.87. The van der Waals surface area contributed by atoms with Crippen LogP contribution in [0.1, 0.15) is 46.8 Å². The largest absolute Gasteiger partial charge is 0.478 e. The van der Waals surface area contributed by atoms with Crippen LogP contribution in [0.5, 0.6) is 0 Å². The minimum absolute atomic E-state index is 0.0162. The zero-order valence-electron chi connectivity index (χ0n) is 13.8. The molecule has 1 atom stereocenters. The second kappa shape index (κ2) is 7.47.